The Bertz CT molecular complexity index is 1240. The minimum Gasteiger partial charge on any atom is -0.508 e. The number of carbonyl (C=O) groups is 1. The summed E-state index contributed by atoms with van der Waals surface area (Å²) in [7, 11) is 3.81. The van der Waals surface area contributed by atoms with Gasteiger partial charge in [-0.25, -0.2) is 0 Å². The zero-order chi connectivity index (χ0) is 26.8. The van der Waals surface area contributed by atoms with Gasteiger partial charge in [-0.05, 0) is 63.5 Å². The number of fused-ring (bicyclic) bond motifs is 1. The van der Waals surface area contributed by atoms with E-state index in [2.05, 4.69) is 27.2 Å². The maximum absolute atomic E-state index is 13.4. The number of ether oxygens (including phenoxy) is 2. The van der Waals surface area contributed by atoms with E-state index in [1.807, 2.05) is 25.1 Å². The number of benzene rings is 2. The van der Waals surface area contributed by atoms with Crippen LogP contribution in [-0.2, 0) is 4.79 Å². The van der Waals surface area contributed by atoms with Gasteiger partial charge in [-0.1, -0.05) is 24.7 Å². The molecule has 0 bridgehead atoms. The smallest absolute Gasteiger partial charge is 0.508 e. The van der Waals surface area contributed by atoms with Crippen molar-refractivity contribution in [2.75, 3.05) is 37.8 Å². The molecule has 1 unspecified atom stereocenters. The fraction of sp³-hybridized carbons (Fsp3) is 0.444. The third-order valence-corrected chi connectivity index (χ3v) is 6.44. The lowest BCUT2D eigenvalue weighted by atomic mass is 9.93. The zero-order valence-electron chi connectivity index (χ0n) is 21.0. The van der Waals surface area contributed by atoms with Crippen molar-refractivity contribution in [2.45, 2.75) is 50.5 Å². The average Bonchev–Trinajstić information content (AvgIpc) is 3.34. The van der Waals surface area contributed by atoms with Gasteiger partial charge in [-0.15, -0.1) is 13.2 Å². The second kappa shape index (κ2) is 10.4. The van der Waals surface area contributed by atoms with Crippen LogP contribution in [0.25, 0.3) is 0 Å². The molecule has 1 atom stereocenters. The maximum atomic E-state index is 13.4. The number of hydrogen-bond donors (Lipinski definition) is 3. The summed E-state index contributed by atoms with van der Waals surface area (Å²) in [6, 6.07) is 6.98. The fourth-order valence-corrected chi connectivity index (χ4v) is 4.53. The molecule has 0 radical (unpaired) electrons. The molecular weight excluding hydrogens is 487 g/mol. The first-order chi connectivity index (χ1) is 17.4. The SMILES string of the molecule is CN(C)CC#Cc1cc(C2CCCC2)c(O)cc1NC(=O)C1(C)CNc2cc(OC(F)(F)F)ccc2O1.[HH].[HH]. The summed E-state index contributed by atoms with van der Waals surface area (Å²) in [5.41, 5.74) is 0.683. The van der Waals surface area contributed by atoms with Crippen LogP contribution < -0.4 is 20.1 Å². The molecule has 10 heteroatoms. The number of nitrogens with one attached hydrogen (secondary N) is 2. The number of halogens is 3. The van der Waals surface area contributed by atoms with E-state index in [-0.39, 0.29) is 32.5 Å². The van der Waals surface area contributed by atoms with Crippen LogP contribution in [0.4, 0.5) is 24.5 Å². The summed E-state index contributed by atoms with van der Waals surface area (Å²) in [6.07, 6.45) is -0.603. The number of aromatic hydroxyl groups is 1. The van der Waals surface area contributed by atoms with Crippen molar-refractivity contribution in [3.63, 3.8) is 0 Å². The van der Waals surface area contributed by atoms with E-state index in [1.54, 1.807) is 6.92 Å². The first-order valence-corrected chi connectivity index (χ1v) is 12.1. The van der Waals surface area contributed by atoms with Crippen LogP contribution in [0.1, 0.15) is 52.5 Å². The summed E-state index contributed by atoms with van der Waals surface area (Å²) in [6.45, 7) is 2.09. The molecule has 2 aliphatic rings. The molecule has 0 saturated heterocycles. The van der Waals surface area contributed by atoms with Crippen LogP contribution in [0.3, 0.4) is 0 Å². The topological polar surface area (TPSA) is 83.1 Å². The van der Waals surface area contributed by atoms with Crippen LogP contribution in [0.15, 0.2) is 30.3 Å². The van der Waals surface area contributed by atoms with E-state index >= 15 is 0 Å². The standard InChI is InChI=1S/C27H30F3N3O4.2H2/c1-26(16-31-22-14-19(36-27(28,29)30)10-11-24(22)37-26)25(35)32-21-15-23(34)20(17-7-4-5-8-17)13-18(21)9-6-12-33(2)3;;/h10-11,13-15,17,31,34H,4-5,7-8,12,16H2,1-3H3,(H,32,35);2*1H. The van der Waals surface area contributed by atoms with Gasteiger partial charge in [-0.3, -0.25) is 9.69 Å². The molecule has 1 saturated carbocycles. The third kappa shape index (κ3) is 6.41. The summed E-state index contributed by atoms with van der Waals surface area (Å²) in [4.78, 5) is 15.3. The predicted molar refractivity (Wildman–Crippen MR) is 138 cm³/mol. The van der Waals surface area contributed by atoms with Crippen molar-refractivity contribution < 1.29 is 35.4 Å². The minimum atomic E-state index is -4.82. The van der Waals surface area contributed by atoms with Crippen LogP contribution in [0.2, 0.25) is 0 Å². The summed E-state index contributed by atoms with van der Waals surface area (Å²) >= 11 is 0. The number of hydrogen-bond acceptors (Lipinski definition) is 6. The van der Waals surface area contributed by atoms with Crippen LogP contribution in [0.5, 0.6) is 17.2 Å². The number of amides is 1. The summed E-state index contributed by atoms with van der Waals surface area (Å²) in [5.74, 6) is 5.88. The van der Waals surface area contributed by atoms with E-state index in [9.17, 15) is 23.1 Å². The van der Waals surface area contributed by atoms with Gasteiger partial charge >= 0.3 is 6.36 Å². The second-order valence-corrected chi connectivity index (χ2v) is 9.82. The van der Waals surface area contributed by atoms with Crippen molar-refractivity contribution in [3.05, 3.63) is 41.5 Å². The molecule has 7 nitrogen and oxygen atoms in total. The number of rotatable bonds is 5. The Kier molecular flexibility index (Phi) is 7.46. The van der Waals surface area contributed by atoms with Crippen LogP contribution >= 0.6 is 0 Å². The third-order valence-electron chi connectivity index (χ3n) is 6.44. The molecule has 1 heterocycles. The summed E-state index contributed by atoms with van der Waals surface area (Å²) < 4.78 is 47.5. The molecule has 2 aromatic rings. The van der Waals surface area contributed by atoms with Crippen LogP contribution in [-0.4, -0.2) is 55.1 Å². The normalized spacial score (nSPS) is 19.3. The molecule has 0 aromatic heterocycles. The zero-order valence-corrected chi connectivity index (χ0v) is 21.0. The summed E-state index contributed by atoms with van der Waals surface area (Å²) in [5, 5.41) is 16.6. The van der Waals surface area contributed by atoms with E-state index < -0.39 is 23.6 Å². The lowest BCUT2D eigenvalue weighted by Gasteiger charge is -2.35. The highest BCUT2D eigenvalue weighted by molar-refractivity contribution is 5.99. The van der Waals surface area contributed by atoms with E-state index in [0.29, 0.717) is 17.8 Å². The molecule has 1 amide bonds. The Morgan fingerprint density at radius 1 is 1.30 bits per heavy atom. The molecule has 1 fully saturated rings. The van der Waals surface area contributed by atoms with Gasteiger partial charge in [0.2, 0.25) is 5.60 Å². The van der Waals surface area contributed by atoms with Crippen molar-refractivity contribution >= 4 is 17.3 Å². The largest absolute Gasteiger partial charge is 0.573 e. The van der Waals surface area contributed by atoms with Gasteiger partial charge in [-0.2, -0.15) is 0 Å². The number of carbonyl (C=O) groups excluding carboxylic acids is 1. The predicted octanol–water partition coefficient (Wildman–Crippen LogP) is 5.56. The first-order valence-electron chi connectivity index (χ1n) is 12.1. The Hall–Kier alpha value is -3.58. The highest BCUT2D eigenvalue weighted by Crippen LogP contribution is 2.41. The Balaban J connectivity index is 0.00000267. The van der Waals surface area contributed by atoms with Crippen molar-refractivity contribution in [1.82, 2.24) is 4.90 Å². The number of anilines is 2. The van der Waals surface area contributed by atoms with E-state index in [4.69, 9.17) is 4.74 Å². The molecule has 1 aliphatic heterocycles. The molecule has 0 spiro atoms. The monoisotopic (exact) mass is 521 g/mol. The quantitative estimate of drug-likeness (QED) is 0.447. The van der Waals surface area contributed by atoms with Crippen molar-refractivity contribution in [1.29, 1.82) is 0 Å². The number of phenols is 1. The van der Waals surface area contributed by atoms with Crippen LogP contribution in [0, 0.1) is 11.8 Å². The van der Waals surface area contributed by atoms with E-state index in [0.717, 1.165) is 37.3 Å². The van der Waals surface area contributed by atoms with Gasteiger partial charge in [0.05, 0.1) is 24.5 Å². The van der Waals surface area contributed by atoms with Gasteiger partial charge in [0, 0.05) is 20.5 Å². The second-order valence-electron chi connectivity index (χ2n) is 9.82. The van der Waals surface area contributed by atoms with E-state index in [1.165, 1.54) is 18.2 Å². The molecule has 37 heavy (non-hydrogen) atoms. The van der Waals surface area contributed by atoms with Gasteiger partial charge in [0.15, 0.2) is 0 Å². The molecular formula is C27H34F3N3O4. The molecule has 1 aliphatic carbocycles. The Morgan fingerprint density at radius 2 is 2.03 bits per heavy atom. The Labute approximate surface area is 216 Å². The van der Waals surface area contributed by atoms with Gasteiger partial charge in [0.1, 0.15) is 17.2 Å². The number of phenolic OH excluding ortho intramolecular Hbond substituents is 1. The van der Waals surface area contributed by atoms with Crippen molar-refractivity contribution in [3.8, 4) is 29.1 Å². The lowest BCUT2D eigenvalue weighted by Crippen LogP contribution is -2.52. The molecule has 3 N–H and O–H groups in total. The maximum Gasteiger partial charge on any atom is 0.573 e. The highest BCUT2D eigenvalue weighted by Gasteiger charge is 2.40. The Morgan fingerprint density at radius 3 is 2.70 bits per heavy atom. The van der Waals surface area contributed by atoms with Crippen molar-refractivity contribution in [2.24, 2.45) is 0 Å². The number of alkyl halides is 3. The lowest BCUT2D eigenvalue weighted by molar-refractivity contribution is -0.274. The molecule has 2 aromatic carbocycles. The first kappa shape index (κ1) is 26.5. The van der Waals surface area contributed by atoms with Gasteiger partial charge in [0.25, 0.3) is 5.91 Å². The number of nitrogens with zero attached hydrogens (tertiary/aromatic N) is 1. The molecule has 4 rings (SSSR count). The minimum absolute atomic E-state index is 0. The van der Waals surface area contributed by atoms with Gasteiger partial charge < -0.3 is 25.2 Å². The highest BCUT2D eigenvalue weighted by atomic mass is 19.4. The molecule has 202 valence electrons. The fourth-order valence-electron chi connectivity index (χ4n) is 4.53. The average molecular weight is 522 g/mol.